The van der Waals surface area contributed by atoms with Crippen molar-refractivity contribution >= 4 is 12.3 Å². The van der Waals surface area contributed by atoms with Crippen molar-refractivity contribution in [1.29, 1.82) is 0 Å². The van der Waals surface area contributed by atoms with Gasteiger partial charge in [0.1, 0.15) is 43.4 Å². The zero-order valence-electron chi connectivity index (χ0n) is 28.7. The smallest absolute Gasteiger partial charge is 0.331 e. The molecule has 3 heterocycles. The number of hydrogen-bond acceptors (Lipinski definition) is 13. The Kier molecular flexibility index (Phi) is 9.86. The van der Waals surface area contributed by atoms with Gasteiger partial charge in [0.05, 0.1) is 30.5 Å². The van der Waals surface area contributed by atoms with E-state index in [1.165, 1.54) is 6.29 Å². The van der Waals surface area contributed by atoms with Crippen LogP contribution in [0.25, 0.3) is 0 Å². The van der Waals surface area contributed by atoms with Crippen LogP contribution in [-0.4, -0.2) is 125 Å². The molecule has 0 aromatic carbocycles. The Morgan fingerprint density at radius 1 is 0.959 bits per heavy atom. The van der Waals surface area contributed by atoms with Crippen molar-refractivity contribution < 1.29 is 63.5 Å². The summed E-state index contributed by atoms with van der Waals surface area (Å²) in [6.45, 7) is 3.75. The van der Waals surface area contributed by atoms with Crippen LogP contribution in [0.4, 0.5) is 0 Å². The lowest BCUT2D eigenvalue weighted by atomic mass is 9.43. The molecule has 7 aliphatic rings. The van der Waals surface area contributed by atoms with Gasteiger partial charge in [-0.25, -0.2) is 4.79 Å². The zero-order valence-corrected chi connectivity index (χ0v) is 28.7. The topological polar surface area (TPSA) is 191 Å². The van der Waals surface area contributed by atoms with Crippen molar-refractivity contribution in [3.05, 3.63) is 11.6 Å². The molecule has 0 bridgehead atoms. The van der Waals surface area contributed by atoms with E-state index in [1.807, 2.05) is 0 Å². The molecule has 0 amide bonds. The van der Waals surface area contributed by atoms with Crippen LogP contribution in [0.1, 0.15) is 78.1 Å². The van der Waals surface area contributed by atoms with Gasteiger partial charge in [-0.1, -0.05) is 6.92 Å². The number of carbonyl (C=O) groups is 2. The molecule has 49 heavy (non-hydrogen) atoms. The lowest BCUT2D eigenvalue weighted by Crippen LogP contribution is -2.63. The largest absolute Gasteiger partial charge is 0.458 e. The van der Waals surface area contributed by atoms with Crippen molar-refractivity contribution in [3.63, 3.8) is 0 Å². The van der Waals surface area contributed by atoms with Gasteiger partial charge in [0.25, 0.3) is 0 Å². The molecule has 276 valence electrons. The average Bonchev–Trinajstić information content (AvgIpc) is 3.64. The minimum absolute atomic E-state index is 0.0272. The lowest BCUT2D eigenvalue weighted by molar-refractivity contribution is -0.345. The molecule has 4 saturated carbocycles. The van der Waals surface area contributed by atoms with Crippen molar-refractivity contribution in [3.8, 4) is 0 Å². The van der Waals surface area contributed by atoms with Gasteiger partial charge in [0.15, 0.2) is 12.6 Å². The molecule has 7 rings (SSSR count). The van der Waals surface area contributed by atoms with Crippen LogP contribution in [-0.2, 0) is 38.0 Å². The van der Waals surface area contributed by atoms with Crippen molar-refractivity contribution in [2.45, 2.75) is 145 Å². The Hall–Kier alpha value is -1.52. The van der Waals surface area contributed by atoms with Gasteiger partial charge < -0.3 is 58.7 Å². The van der Waals surface area contributed by atoms with Crippen LogP contribution >= 0.6 is 0 Å². The zero-order chi connectivity index (χ0) is 34.9. The second kappa shape index (κ2) is 13.5. The first-order chi connectivity index (χ1) is 23.4. The summed E-state index contributed by atoms with van der Waals surface area (Å²) in [6, 6.07) is 0. The number of fused-ring (bicyclic) bond motifs is 5. The molecule has 17 atom stereocenters. The standard InChI is InChI=1S/C36H54O13/c1-18-32(49-33-31(42)30(41)29(40)26(15-37)48-33)25(44-3)14-28(46-18)47-21-6-10-35(17-38)20(13-21)4-5-24-23(35)7-9-34(2)22(8-11-36(24,34)43)19-12-27(39)45-16-19/h12,17-18,20-26,28-33,37,40-43H,4-11,13-16H2,1-3H3/t18-,20+,21+,22+,23-,24+,25+,26+,28-,29+,30-,31+,32+,33-,34-,35+,36+/m1/s1. The van der Waals surface area contributed by atoms with E-state index in [0.29, 0.717) is 32.3 Å². The molecule has 0 spiro atoms. The Morgan fingerprint density at radius 2 is 1.76 bits per heavy atom. The van der Waals surface area contributed by atoms with E-state index in [0.717, 1.165) is 44.1 Å². The summed E-state index contributed by atoms with van der Waals surface area (Å²) in [5.41, 5.74) is -0.761. The molecule has 3 aliphatic heterocycles. The number of aldehydes is 1. The van der Waals surface area contributed by atoms with Crippen molar-refractivity contribution in [1.82, 2.24) is 0 Å². The quantitative estimate of drug-likeness (QED) is 0.138. The summed E-state index contributed by atoms with van der Waals surface area (Å²) in [5.74, 6) is 0.0740. The van der Waals surface area contributed by atoms with Crippen molar-refractivity contribution in [2.24, 2.45) is 34.5 Å². The minimum atomic E-state index is -1.56. The third-order valence-corrected chi connectivity index (χ3v) is 14.1. The third-order valence-electron chi connectivity index (χ3n) is 14.1. The second-order valence-corrected chi connectivity index (χ2v) is 16.1. The highest BCUT2D eigenvalue weighted by molar-refractivity contribution is 5.85. The number of esters is 1. The number of methoxy groups -OCH3 is 1. The summed E-state index contributed by atoms with van der Waals surface area (Å²) >= 11 is 0. The highest BCUT2D eigenvalue weighted by Gasteiger charge is 2.68. The van der Waals surface area contributed by atoms with E-state index in [9.17, 15) is 35.1 Å². The van der Waals surface area contributed by atoms with Crippen LogP contribution in [0.2, 0.25) is 0 Å². The molecule has 0 aromatic heterocycles. The molecule has 0 radical (unpaired) electrons. The van der Waals surface area contributed by atoms with Gasteiger partial charge in [0, 0.05) is 30.4 Å². The monoisotopic (exact) mass is 694 g/mol. The van der Waals surface area contributed by atoms with Crippen LogP contribution in [0.3, 0.4) is 0 Å². The molecule has 13 nitrogen and oxygen atoms in total. The van der Waals surface area contributed by atoms with E-state index < -0.39 is 72.9 Å². The maximum atomic E-state index is 13.2. The highest BCUT2D eigenvalue weighted by atomic mass is 16.7. The number of rotatable bonds is 8. The molecule has 5 N–H and O–H groups in total. The number of carbonyl (C=O) groups excluding carboxylic acids is 2. The van der Waals surface area contributed by atoms with E-state index in [4.69, 9.17) is 28.4 Å². The Bertz CT molecular complexity index is 1280. The SMILES string of the molecule is CO[C@H]1C[C@@H](O[C@H]2CC[C@]3(C=O)[C@@H](CC[C@H]4[C@H]3CC[C@]3(C)[C@H](C5=CC(=O)OC5)CC[C@]43O)C2)O[C@H](C)[C@@H]1O[C@H]1O[C@@H](CO)[C@H](O)[C@@H](O)[C@@H]1O. The fourth-order valence-electron chi connectivity index (χ4n) is 11.5. The third kappa shape index (κ3) is 5.75. The van der Waals surface area contributed by atoms with Crippen LogP contribution < -0.4 is 0 Å². The number of aliphatic hydroxyl groups excluding tert-OH is 4. The number of cyclic esters (lactones) is 1. The van der Waals surface area contributed by atoms with Gasteiger partial charge in [-0.15, -0.1) is 0 Å². The Morgan fingerprint density at radius 3 is 2.45 bits per heavy atom. The molecule has 0 unspecified atom stereocenters. The maximum Gasteiger partial charge on any atom is 0.331 e. The summed E-state index contributed by atoms with van der Waals surface area (Å²) in [7, 11) is 1.55. The van der Waals surface area contributed by atoms with Gasteiger partial charge >= 0.3 is 5.97 Å². The Balaban J connectivity index is 0.990. The number of hydrogen-bond donors (Lipinski definition) is 5. The first-order valence-electron chi connectivity index (χ1n) is 18.2. The first kappa shape index (κ1) is 35.9. The van der Waals surface area contributed by atoms with Gasteiger partial charge in [-0.2, -0.15) is 0 Å². The molecule has 4 aliphatic carbocycles. The predicted molar refractivity (Wildman–Crippen MR) is 169 cm³/mol. The van der Waals surface area contributed by atoms with Crippen LogP contribution in [0, 0.1) is 34.5 Å². The minimum Gasteiger partial charge on any atom is -0.458 e. The second-order valence-electron chi connectivity index (χ2n) is 16.1. The predicted octanol–water partition coefficient (Wildman–Crippen LogP) is 1.14. The van der Waals surface area contributed by atoms with E-state index in [2.05, 4.69) is 6.92 Å². The summed E-state index contributed by atoms with van der Waals surface area (Å²) in [6.07, 6.45) is 0.732. The lowest BCUT2D eigenvalue weighted by Gasteiger charge is -2.63. The van der Waals surface area contributed by atoms with Crippen molar-refractivity contribution in [2.75, 3.05) is 20.3 Å². The molecular formula is C36H54O13. The molecule has 6 fully saturated rings. The molecular weight excluding hydrogens is 640 g/mol. The normalized spacial score (nSPS) is 52.8. The molecule has 2 saturated heterocycles. The summed E-state index contributed by atoms with van der Waals surface area (Å²) in [4.78, 5) is 25.1. The fraction of sp³-hybridized carbons (Fsp3) is 0.889. The fourth-order valence-corrected chi connectivity index (χ4v) is 11.5. The van der Waals surface area contributed by atoms with Crippen LogP contribution in [0.5, 0.6) is 0 Å². The number of ether oxygens (including phenoxy) is 6. The molecule has 0 aromatic rings. The van der Waals surface area contributed by atoms with E-state index in [1.54, 1.807) is 20.1 Å². The van der Waals surface area contributed by atoms with E-state index in [-0.39, 0.29) is 41.2 Å². The van der Waals surface area contributed by atoms with Gasteiger partial charge in [0.2, 0.25) is 0 Å². The maximum absolute atomic E-state index is 13.2. The molecule has 13 heteroatoms. The summed E-state index contributed by atoms with van der Waals surface area (Å²) < 4.78 is 35.4. The van der Waals surface area contributed by atoms with Gasteiger partial charge in [-0.05, 0) is 94.0 Å². The first-order valence-corrected chi connectivity index (χ1v) is 18.2. The van der Waals surface area contributed by atoms with E-state index >= 15 is 0 Å². The Labute approximate surface area is 287 Å². The average molecular weight is 695 g/mol. The van der Waals surface area contributed by atoms with Gasteiger partial charge in [-0.3, -0.25) is 0 Å². The highest BCUT2D eigenvalue weighted by Crippen LogP contribution is 2.69. The van der Waals surface area contributed by atoms with Crippen LogP contribution in [0.15, 0.2) is 11.6 Å². The summed E-state index contributed by atoms with van der Waals surface area (Å²) in [5, 5.41) is 52.9. The number of aliphatic hydroxyl groups is 5.